The van der Waals surface area contributed by atoms with Gasteiger partial charge in [-0.2, -0.15) is 5.10 Å². The van der Waals surface area contributed by atoms with Crippen LogP contribution in [0.3, 0.4) is 0 Å². The number of hydrogen-bond acceptors (Lipinski definition) is 3. The van der Waals surface area contributed by atoms with E-state index in [1.807, 2.05) is 0 Å². The summed E-state index contributed by atoms with van der Waals surface area (Å²) in [5.41, 5.74) is 0.678. The van der Waals surface area contributed by atoms with Crippen LogP contribution in [0.25, 0.3) is 0 Å². The van der Waals surface area contributed by atoms with E-state index in [1.54, 1.807) is 31.1 Å². The normalized spacial score (nSPS) is 10.4. The molecule has 1 aromatic heterocycles. The quantitative estimate of drug-likeness (QED) is 0.511. The van der Waals surface area contributed by atoms with Crippen LogP contribution in [0.4, 0.5) is 0 Å². The molecule has 0 saturated heterocycles. The average molecular weight is 196 g/mol. The number of ether oxygens (including phenoxy) is 1. The van der Waals surface area contributed by atoms with E-state index in [9.17, 15) is 4.79 Å². The maximum atomic E-state index is 11.0. The van der Waals surface area contributed by atoms with Gasteiger partial charge in [0.2, 0.25) is 0 Å². The van der Waals surface area contributed by atoms with Crippen molar-refractivity contribution in [2.24, 2.45) is 0 Å². The molecule has 0 aliphatic rings. The lowest BCUT2D eigenvalue weighted by atomic mass is 10.3. The van der Waals surface area contributed by atoms with E-state index in [0.29, 0.717) is 5.56 Å². The summed E-state index contributed by atoms with van der Waals surface area (Å²) >= 11 is 0. The Hall–Kier alpha value is -1.16. The first-order valence-corrected chi connectivity index (χ1v) is 4.76. The predicted octanol–water partition coefficient (Wildman–Crippen LogP) is 1.51. The Labute approximate surface area is 83.9 Å². The molecule has 0 unspecified atom stereocenters. The van der Waals surface area contributed by atoms with Crippen LogP contribution in [0.1, 0.15) is 30.1 Å². The first-order valence-electron chi connectivity index (χ1n) is 4.76. The lowest BCUT2D eigenvalue weighted by molar-refractivity contribution is 0.101. The number of Topliss-reactive ketones (excluding diaryl/α,β-unsaturated/α-hetero) is 1. The molecule has 0 aliphatic heterocycles. The number of aromatic nitrogens is 2. The van der Waals surface area contributed by atoms with Crippen molar-refractivity contribution >= 4 is 5.78 Å². The summed E-state index contributed by atoms with van der Waals surface area (Å²) in [5.74, 6) is 0.0631. The van der Waals surface area contributed by atoms with E-state index in [4.69, 9.17) is 4.74 Å². The molecule has 0 fully saturated rings. The molecule has 0 atom stereocenters. The summed E-state index contributed by atoms with van der Waals surface area (Å²) in [6.07, 6.45) is 5.44. The highest BCUT2D eigenvalue weighted by Crippen LogP contribution is 2.00. The Kier molecular flexibility index (Phi) is 4.32. The monoisotopic (exact) mass is 196 g/mol. The van der Waals surface area contributed by atoms with Crippen molar-refractivity contribution in [2.45, 2.75) is 26.3 Å². The number of ketones is 1. The van der Waals surface area contributed by atoms with Gasteiger partial charge in [0, 0.05) is 26.5 Å². The van der Waals surface area contributed by atoms with E-state index in [0.717, 1.165) is 26.0 Å². The van der Waals surface area contributed by atoms with Crippen molar-refractivity contribution in [3.05, 3.63) is 18.0 Å². The van der Waals surface area contributed by atoms with Gasteiger partial charge in [-0.1, -0.05) is 0 Å². The molecule has 0 aliphatic carbocycles. The molecule has 0 bridgehead atoms. The molecule has 0 amide bonds. The topological polar surface area (TPSA) is 44.1 Å². The molecule has 78 valence electrons. The maximum absolute atomic E-state index is 11.0. The Bertz CT molecular complexity index is 294. The summed E-state index contributed by atoms with van der Waals surface area (Å²) in [6, 6.07) is 0. The van der Waals surface area contributed by atoms with E-state index >= 15 is 0 Å². The Morgan fingerprint density at radius 2 is 2.36 bits per heavy atom. The number of rotatable bonds is 6. The highest BCUT2D eigenvalue weighted by atomic mass is 16.5. The molecular weight excluding hydrogens is 180 g/mol. The lowest BCUT2D eigenvalue weighted by Crippen LogP contribution is -2.00. The molecule has 1 rings (SSSR count). The van der Waals surface area contributed by atoms with Crippen molar-refractivity contribution < 1.29 is 9.53 Å². The smallest absolute Gasteiger partial charge is 0.162 e. The van der Waals surface area contributed by atoms with Crippen LogP contribution >= 0.6 is 0 Å². The van der Waals surface area contributed by atoms with Gasteiger partial charge in [-0.15, -0.1) is 0 Å². The lowest BCUT2D eigenvalue weighted by Gasteiger charge is -2.00. The van der Waals surface area contributed by atoms with E-state index in [1.165, 1.54) is 0 Å². The summed E-state index contributed by atoms with van der Waals surface area (Å²) in [5, 5.41) is 4.09. The maximum Gasteiger partial charge on any atom is 0.162 e. The fourth-order valence-corrected chi connectivity index (χ4v) is 1.19. The third-order valence-electron chi connectivity index (χ3n) is 2.03. The van der Waals surface area contributed by atoms with Crippen LogP contribution in [-0.4, -0.2) is 29.3 Å². The van der Waals surface area contributed by atoms with Gasteiger partial charge in [-0.3, -0.25) is 9.48 Å². The van der Waals surface area contributed by atoms with Crippen LogP contribution in [0.15, 0.2) is 12.4 Å². The summed E-state index contributed by atoms with van der Waals surface area (Å²) in [7, 11) is 1.70. The van der Waals surface area contributed by atoms with Crippen LogP contribution in [0.5, 0.6) is 0 Å². The summed E-state index contributed by atoms with van der Waals surface area (Å²) in [6.45, 7) is 3.17. The largest absolute Gasteiger partial charge is 0.385 e. The Morgan fingerprint density at radius 1 is 1.57 bits per heavy atom. The molecule has 0 aromatic carbocycles. The fourth-order valence-electron chi connectivity index (χ4n) is 1.19. The molecule has 4 heteroatoms. The number of nitrogens with zero attached hydrogens (tertiary/aromatic N) is 2. The third-order valence-corrected chi connectivity index (χ3v) is 2.03. The van der Waals surface area contributed by atoms with E-state index in [-0.39, 0.29) is 5.78 Å². The molecule has 0 radical (unpaired) electrons. The average Bonchev–Trinajstić information content (AvgIpc) is 2.61. The first-order chi connectivity index (χ1) is 6.74. The second-order valence-electron chi connectivity index (χ2n) is 3.25. The molecule has 0 spiro atoms. The molecule has 1 heterocycles. The number of aryl methyl sites for hydroxylation is 1. The van der Waals surface area contributed by atoms with Crippen molar-refractivity contribution in [2.75, 3.05) is 13.7 Å². The van der Waals surface area contributed by atoms with Crippen molar-refractivity contribution in [3.63, 3.8) is 0 Å². The Morgan fingerprint density at radius 3 is 2.93 bits per heavy atom. The number of carbonyl (C=O) groups is 1. The third kappa shape index (κ3) is 3.30. The standard InChI is InChI=1S/C10H16N2O2/c1-9(13)10-7-11-12(8-10)5-3-4-6-14-2/h7-8H,3-6H2,1-2H3. The molecular formula is C10H16N2O2. The minimum Gasteiger partial charge on any atom is -0.385 e. The van der Waals surface area contributed by atoms with Crippen molar-refractivity contribution in [1.29, 1.82) is 0 Å². The van der Waals surface area contributed by atoms with Gasteiger partial charge in [-0.25, -0.2) is 0 Å². The molecule has 4 nitrogen and oxygen atoms in total. The zero-order chi connectivity index (χ0) is 10.4. The van der Waals surface area contributed by atoms with Crippen LogP contribution < -0.4 is 0 Å². The zero-order valence-electron chi connectivity index (χ0n) is 8.69. The van der Waals surface area contributed by atoms with Gasteiger partial charge in [-0.05, 0) is 19.8 Å². The zero-order valence-corrected chi connectivity index (χ0v) is 8.69. The van der Waals surface area contributed by atoms with Crippen molar-refractivity contribution in [3.8, 4) is 0 Å². The van der Waals surface area contributed by atoms with Gasteiger partial charge in [0.25, 0.3) is 0 Å². The van der Waals surface area contributed by atoms with Gasteiger partial charge in [0.1, 0.15) is 0 Å². The van der Waals surface area contributed by atoms with Gasteiger partial charge in [0.05, 0.1) is 11.8 Å². The number of methoxy groups -OCH3 is 1. The summed E-state index contributed by atoms with van der Waals surface area (Å²) < 4.78 is 6.74. The van der Waals surface area contributed by atoms with Gasteiger partial charge >= 0.3 is 0 Å². The Balaban J connectivity index is 2.33. The SMILES string of the molecule is COCCCCn1cc(C(C)=O)cn1. The number of carbonyl (C=O) groups excluding carboxylic acids is 1. The highest BCUT2D eigenvalue weighted by Gasteiger charge is 2.02. The van der Waals surface area contributed by atoms with Crippen molar-refractivity contribution in [1.82, 2.24) is 9.78 Å². The number of hydrogen-bond donors (Lipinski definition) is 0. The molecule has 1 aromatic rings. The van der Waals surface area contributed by atoms with Gasteiger partial charge < -0.3 is 4.74 Å². The summed E-state index contributed by atoms with van der Waals surface area (Å²) in [4.78, 5) is 11.0. The van der Waals surface area contributed by atoms with Crippen LogP contribution in [0.2, 0.25) is 0 Å². The molecule has 0 saturated carbocycles. The minimum atomic E-state index is 0.0631. The van der Waals surface area contributed by atoms with Crippen LogP contribution in [0, 0.1) is 0 Å². The second kappa shape index (κ2) is 5.54. The second-order valence-corrected chi connectivity index (χ2v) is 3.25. The van der Waals surface area contributed by atoms with Crippen LogP contribution in [-0.2, 0) is 11.3 Å². The van der Waals surface area contributed by atoms with E-state index < -0.39 is 0 Å². The number of unbranched alkanes of at least 4 members (excludes halogenated alkanes) is 1. The fraction of sp³-hybridized carbons (Fsp3) is 0.600. The van der Waals surface area contributed by atoms with Gasteiger partial charge in [0.15, 0.2) is 5.78 Å². The predicted molar refractivity (Wildman–Crippen MR) is 53.3 cm³/mol. The highest BCUT2D eigenvalue weighted by molar-refractivity contribution is 5.93. The minimum absolute atomic E-state index is 0.0631. The first kappa shape index (κ1) is 10.9. The molecule has 0 N–H and O–H groups in total. The molecule has 14 heavy (non-hydrogen) atoms. The van der Waals surface area contributed by atoms with E-state index in [2.05, 4.69) is 5.10 Å².